The Morgan fingerprint density at radius 3 is 2.79 bits per heavy atom. The van der Waals surface area contributed by atoms with Crippen LogP contribution in [0.15, 0.2) is 41.9 Å². The van der Waals surface area contributed by atoms with Crippen LogP contribution in [0.3, 0.4) is 0 Å². The molecule has 0 saturated heterocycles. The molecule has 0 atom stereocenters. The van der Waals surface area contributed by atoms with Gasteiger partial charge in [-0.15, -0.1) is 0 Å². The molecular formula is C13H18N6. The molecule has 0 amide bonds. The van der Waals surface area contributed by atoms with Crippen molar-refractivity contribution in [3.8, 4) is 0 Å². The molecule has 0 bridgehead atoms. The summed E-state index contributed by atoms with van der Waals surface area (Å²) in [6.45, 7) is 3.36. The van der Waals surface area contributed by atoms with E-state index in [1.165, 1.54) is 11.9 Å². The Labute approximate surface area is 112 Å². The van der Waals surface area contributed by atoms with Crippen molar-refractivity contribution in [3.63, 3.8) is 0 Å². The van der Waals surface area contributed by atoms with E-state index in [-0.39, 0.29) is 0 Å². The molecule has 0 fully saturated rings. The minimum absolute atomic E-state index is 0.407. The van der Waals surface area contributed by atoms with Gasteiger partial charge in [0.05, 0.1) is 13.1 Å². The van der Waals surface area contributed by atoms with E-state index in [1.54, 1.807) is 11.0 Å². The Kier molecular flexibility index (Phi) is 4.49. The van der Waals surface area contributed by atoms with Crippen LogP contribution in [0.25, 0.3) is 0 Å². The molecular weight excluding hydrogens is 240 g/mol. The first-order valence-corrected chi connectivity index (χ1v) is 6.26. The minimum Gasteiger partial charge on any atom is -0.370 e. The average Bonchev–Trinajstić information content (AvgIpc) is 2.93. The Balaban J connectivity index is 1.83. The summed E-state index contributed by atoms with van der Waals surface area (Å²) < 4.78 is 1.72. The van der Waals surface area contributed by atoms with Gasteiger partial charge in [-0.3, -0.25) is 9.67 Å². The van der Waals surface area contributed by atoms with Crippen LogP contribution < -0.4 is 11.1 Å². The number of nitrogens with zero attached hydrogens (tertiary/aromatic N) is 4. The van der Waals surface area contributed by atoms with Crippen molar-refractivity contribution in [2.45, 2.75) is 19.9 Å². The zero-order valence-corrected chi connectivity index (χ0v) is 11.0. The van der Waals surface area contributed by atoms with E-state index in [9.17, 15) is 0 Å². The standard InChI is InChI=1S/C13H18N6/c1-2-11-3-5-12(6-4-11)18-13(14)16-7-8-19-10-15-9-17-19/h3-6,9-10H,2,7-8H2,1H3,(H3,14,16,18). The lowest BCUT2D eigenvalue weighted by molar-refractivity contribution is 0.624. The van der Waals surface area contributed by atoms with E-state index in [0.717, 1.165) is 12.1 Å². The summed E-state index contributed by atoms with van der Waals surface area (Å²) in [7, 11) is 0. The number of anilines is 1. The maximum atomic E-state index is 5.81. The van der Waals surface area contributed by atoms with Gasteiger partial charge in [-0.05, 0) is 24.1 Å². The number of nitrogens with two attached hydrogens (primary N) is 1. The van der Waals surface area contributed by atoms with Gasteiger partial charge in [0.15, 0.2) is 5.96 Å². The predicted molar refractivity (Wildman–Crippen MR) is 76.0 cm³/mol. The summed E-state index contributed by atoms with van der Waals surface area (Å²) >= 11 is 0. The molecule has 0 radical (unpaired) electrons. The molecule has 2 aromatic rings. The first kappa shape index (κ1) is 13.1. The summed E-state index contributed by atoms with van der Waals surface area (Å²) in [5, 5.41) is 7.05. The van der Waals surface area contributed by atoms with Crippen LogP contribution in [-0.4, -0.2) is 27.3 Å². The largest absolute Gasteiger partial charge is 0.370 e. The summed E-state index contributed by atoms with van der Waals surface area (Å²) in [6, 6.07) is 8.15. The number of guanidine groups is 1. The SMILES string of the molecule is CCc1ccc(NC(N)=NCCn2cncn2)cc1. The lowest BCUT2D eigenvalue weighted by Crippen LogP contribution is -2.23. The number of benzene rings is 1. The van der Waals surface area contributed by atoms with Gasteiger partial charge in [0.1, 0.15) is 12.7 Å². The van der Waals surface area contributed by atoms with E-state index in [2.05, 4.69) is 39.4 Å². The normalized spacial score (nSPS) is 11.5. The molecule has 1 aromatic carbocycles. The fraction of sp³-hybridized carbons (Fsp3) is 0.308. The Morgan fingerprint density at radius 1 is 1.37 bits per heavy atom. The van der Waals surface area contributed by atoms with Crippen LogP contribution in [0.4, 0.5) is 5.69 Å². The van der Waals surface area contributed by atoms with E-state index in [4.69, 9.17) is 5.73 Å². The van der Waals surface area contributed by atoms with Gasteiger partial charge in [-0.2, -0.15) is 5.10 Å². The summed E-state index contributed by atoms with van der Waals surface area (Å²) in [6.07, 6.45) is 4.19. The molecule has 1 heterocycles. The molecule has 0 aliphatic rings. The molecule has 6 heteroatoms. The summed E-state index contributed by atoms with van der Waals surface area (Å²) in [5.74, 6) is 0.407. The van der Waals surface area contributed by atoms with Gasteiger partial charge in [-0.25, -0.2) is 4.98 Å². The topological polar surface area (TPSA) is 81.1 Å². The van der Waals surface area contributed by atoms with Gasteiger partial charge < -0.3 is 11.1 Å². The second kappa shape index (κ2) is 6.53. The highest BCUT2D eigenvalue weighted by Gasteiger charge is 1.96. The molecule has 19 heavy (non-hydrogen) atoms. The number of rotatable bonds is 5. The number of hydrogen-bond acceptors (Lipinski definition) is 3. The van der Waals surface area contributed by atoms with E-state index < -0.39 is 0 Å². The van der Waals surface area contributed by atoms with Crippen molar-refractivity contribution >= 4 is 11.6 Å². The molecule has 0 spiro atoms. The smallest absolute Gasteiger partial charge is 0.193 e. The third-order valence-electron chi connectivity index (χ3n) is 2.71. The second-order valence-electron chi connectivity index (χ2n) is 4.10. The number of hydrogen-bond donors (Lipinski definition) is 2. The van der Waals surface area contributed by atoms with Crippen molar-refractivity contribution in [2.75, 3.05) is 11.9 Å². The molecule has 100 valence electrons. The molecule has 1 aromatic heterocycles. The fourth-order valence-electron chi connectivity index (χ4n) is 1.63. The summed E-state index contributed by atoms with van der Waals surface area (Å²) in [4.78, 5) is 8.09. The van der Waals surface area contributed by atoms with Crippen LogP contribution in [0.2, 0.25) is 0 Å². The first-order valence-electron chi connectivity index (χ1n) is 6.26. The molecule has 0 aliphatic heterocycles. The van der Waals surface area contributed by atoms with Gasteiger partial charge in [0.2, 0.25) is 0 Å². The fourth-order valence-corrected chi connectivity index (χ4v) is 1.63. The number of aliphatic imine (C=N–C) groups is 1. The van der Waals surface area contributed by atoms with E-state index >= 15 is 0 Å². The van der Waals surface area contributed by atoms with Gasteiger partial charge in [0.25, 0.3) is 0 Å². The van der Waals surface area contributed by atoms with E-state index in [0.29, 0.717) is 19.0 Å². The molecule has 2 rings (SSSR count). The van der Waals surface area contributed by atoms with Crippen LogP contribution in [0.5, 0.6) is 0 Å². The highest BCUT2D eigenvalue weighted by Crippen LogP contribution is 2.09. The molecule has 0 unspecified atom stereocenters. The lowest BCUT2D eigenvalue weighted by Gasteiger charge is -2.06. The molecule has 3 N–H and O–H groups in total. The van der Waals surface area contributed by atoms with Crippen LogP contribution in [-0.2, 0) is 13.0 Å². The molecule has 0 aliphatic carbocycles. The summed E-state index contributed by atoms with van der Waals surface area (Å²) in [5.41, 5.74) is 8.05. The molecule has 6 nitrogen and oxygen atoms in total. The van der Waals surface area contributed by atoms with Gasteiger partial charge in [-0.1, -0.05) is 19.1 Å². The third kappa shape index (κ3) is 4.09. The van der Waals surface area contributed by atoms with Crippen molar-refractivity contribution < 1.29 is 0 Å². The van der Waals surface area contributed by atoms with Crippen LogP contribution >= 0.6 is 0 Å². The van der Waals surface area contributed by atoms with Crippen molar-refractivity contribution in [3.05, 3.63) is 42.5 Å². The van der Waals surface area contributed by atoms with Crippen molar-refractivity contribution in [1.29, 1.82) is 0 Å². The van der Waals surface area contributed by atoms with Crippen molar-refractivity contribution in [1.82, 2.24) is 14.8 Å². The zero-order valence-electron chi connectivity index (χ0n) is 11.0. The Hall–Kier alpha value is -2.37. The lowest BCUT2D eigenvalue weighted by atomic mass is 10.1. The number of aryl methyl sites for hydroxylation is 1. The Morgan fingerprint density at radius 2 is 2.16 bits per heavy atom. The molecule has 0 saturated carbocycles. The highest BCUT2D eigenvalue weighted by molar-refractivity contribution is 5.92. The van der Waals surface area contributed by atoms with E-state index in [1.807, 2.05) is 12.1 Å². The zero-order chi connectivity index (χ0) is 13.5. The van der Waals surface area contributed by atoms with Crippen LogP contribution in [0, 0.1) is 0 Å². The highest BCUT2D eigenvalue weighted by atomic mass is 15.3. The maximum Gasteiger partial charge on any atom is 0.193 e. The van der Waals surface area contributed by atoms with Gasteiger partial charge >= 0.3 is 0 Å². The Bertz CT molecular complexity index is 515. The number of nitrogens with one attached hydrogen (secondary N) is 1. The first-order chi connectivity index (χ1) is 9.28. The maximum absolute atomic E-state index is 5.81. The minimum atomic E-state index is 0.407. The quantitative estimate of drug-likeness (QED) is 0.625. The third-order valence-corrected chi connectivity index (χ3v) is 2.71. The average molecular weight is 258 g/mol. The van der Waals surface area contributed by atoms with Gasteiger partial charge in [0, 0.05) is 5.69 Å². The van der Waals surface area contributed by atoms with Crippen molar-refractivity contribution in [2.24, 2.45) is 10.7 Å². The monoisotopic (exact) mass is 258 g/mol. The number of aromatic nitrogens is 3. The van der Waals surface area contributed by atoms with Crippen LogP contribution in [0.1, 0.15) is 12.5 Å². The second-order valence-corrected chi connectivity index (χ2v) is 4.10. The predicted octanol–water partition coefficient (Wildman–Crippen LogP) is 1.27.